The van der Waals surface area contributed by atoms with Gasteiger partial charge in [0.2, 0.25) is 0 Å². The molecule has 1 aliphatic heterocycles. The standard InChI is InChI=1S/C8H11BrO/c1-7(9)5-6-3-4-10-8(6,7)2/h5H,3-4H2,1-2H3/t7?,8-/m0/s1. The van der Waals surface area contributed by atoms with Crippen LogP contribution in [0.2, 0.25) is 0 Å². The molecule has 1 fully saturated rings. The fraction of sp³-hybridized carbons (Fsp3) is 0.750. The monoisotopic (exact) mass is 202 g/mol. The van der Waals surface area contributed by atoms with Crippen molar-refractivity contribution in [2.75, 3.05) is 6.61 Å². The highest BCUT2D eigenvalue weighted by Gasteiger charge is 2.55. The van der Waals surface area contributed by atoms with E-state index in [0.717, 1.165) is 13.0 Å². The number of alkyl halides is 1. The predicted molar refractivity (Wildman–Crippen MR) is 44.4 cm³/mol. The highest BCUT2D eigenvalue weighted by Crippen LogP contribution is 2.54. The molecule has 2 heteroatoms. The van der Waals surface area contributed by atoms with Crippen LogP contribution in [0.5, 0.6) is 0 Å². The summed E-state index contributed by atoms with van der Waals surface area (Å²) in [6.07, 6.45) is 3.39. The van der Waals surface area contributed by atoms with Crippen molar-refractivity contribution >= 4 is 15.9 Å². The maximum absolute atomic E-state index is 5.64. The van der Waals surface area contributed by atoms with Gasteiger partial charge in [-0.05, 0) is 25.8 Å². The lowest BCUT2D eigenvalue weighted by Gasteiger charge is -2.46. The molecule has 1 saturated heterocycles. The third-order valence-corrected chi connectivity index (χ3v) is 3.74. The molecule has 0 amide bonds. The molecule has 0 radical (unpaired) electrons. The average molecular weight is 203 g/mol. The van der Waals surface area contributed by atoms with E-state index >= 15 is 0 Å². The van der Waals surface area contributed by atoms with E-state index in [1.165, 1.54) is 5.57 Å². The molecule has 1 heterocycles. The van der Waals surface area contributed by atoms with Gasteiger partial charge in [-0.15, -0.1) is 0 Å². The van der Waals surface area contributed by atoms with Crippen molar-refractivity contribution in [1.29, 1.82) is 0 Å². The van der Waals surface area contributed by atoms with Crippen LogP contribution in [0.15, 0.2) is 11.6 Å². The van der Waals surface area contributed by atoms with Gasteiger partial charge in [0.1, 0.15) is 5.60 Å². The lowest BCUT2D eigenvalue weighted by molar-refractivity contribution is 0.0125. The molecular weight excluding hydrogens is 192 g/mol. The summed E-state index contributed by atoms with van der Waals surface area (Å²) in [5.41, 5.74) is 1.47. The normalized spacial score (nSPS) is 51.7. The van der Waals surface area contributed by atoms with Crippen molar-refractivity contribution in [3.63, 3.8) is 0 Å². The zero-order valence-electron chi connectivity index (χ0n) is 6.28. The number of rotatable bonds is 0. The molecule has 0 aromatic rings. The minimum absolute atomic E-state index is 0.00694. The van der Waals surface area contributed by atoms with Gasteiger partial charge in [0, 0.05) is 0 Å². The summed E-state index contributed by atoms with van der Waals surface area (Å²) < 4.78 is 5.73. The second kappa shape index (κ2) is 1.67. The van der Waals surface area contributed by atoms with Crippen LogP contribution in [0, 0.1) is 0 Å². The molecule has 1 nitrogen and oxygen atoms in total. The first-order valence-corrected chi connectivity index (χ1v) is 4.41. The zero-order valence-corrected chi connectivity index (χ0v) is 7.86. The maximum atomic E-state index is 5.64. The van der Waals surface area contributed by atoms with E-state index in [4.69, 9.17) is 4.74 Å². The highest BCUT2D eigenvalue weighted by molar-refractivity contribution is 9.10. The fourth-order valence-corrected chi connectivity index (χ4v) is 2.39. The molecule has 0 spiro atoms. The van der Waals surface area contributed by atoms with Gasteiger partial charge in [0.15, 0.2) is 0 Å². The summed E-state index contributed by atoms with van der Waals surface area (Å²) in [7, 11) is 0. The summed E-state index contributed by atoms with van der Waals surface area (Å²) in [4.78, 5) is 0. The maximum Gasteiger partial charge on any atom is 0.105 e. The summed E-state index contributed by atoms with van der Waals surface area (Å²) in [5.74, 6) is 0. The SMILES string of the molecule is CC1(Br)C=C2CCO[C@@]21C. The molecule has 0 aromatic heterocycles. The summed E-state index contributed by atoms with van der Waals surface area (Å²) in [5, 5.41) is 0. The van der Waals surface area contributed by atoms with Gasteiger partial charge >= 0.3 is 0 Å². The van der Waals surface area contributed by atoms with E-state index in [1.807, 2.05) is 0 Å². The Kier molecular flexibility index (Phi) is 1.15. The Bertz CT molecular complexity index is 207. The van der Waals surface area contributed by atoms with Crippen LogP contribution >= 0.6 is 15.9 Å². The molecule has 10 heavy (non-hydrogen) atoms. The van der Waals surface area contributed by atoms with E-state index in [2.05, 4.69) is 35.9 Å². The smallest absolute Gasteiger partial charge is 0.105 e. The van der Waals surface area contributed by atoms with Crippen LogP contribution in [-0.4, -0.2) is 16.5 Å². The minimum atomic E-state index is 0.00694. The first-order chi connectivity index (χ1) is 4.56. The van der Waals surface area contributed by atoms with Crippen molar-refractivity contribution in [1.82, 2.24) is 0 Å². The van der Waals surface area contributed by atoms with Crippen LogP contribution in [0.3, 0.4) is 0 Å². The Morgan fingerprint density at radius 3 is 2.70 bits per heavy atom. The first-order valence-electron chi connectivity index (χ1n) is 3.61. The average Bonchev–Trinajstić information content (AvgIpc) is 2.12. The Labute approximate surface area is 69.6 Å². The third-order valence-electron chi connectivity index (χ3n) is 2.75. The molecular formula is C8H11BrO. The fourth-order valence-electron chi connectivity index (χ4n) is 1.75. The summed E-state index contributed by atoms with van der Waals surface area (Å²) in [6.45, 7) is 5.20. The Morgan fingerprint density at radius 1 is 1.60 bits per heavy atom. The van der Waals surface area contributed by atoms with Crippen molar-refractivity contribution in [2.45, 2.75) is 30.2 Å². The molecule has 2 rings (SSSR count). The number of fused-ring (bicyclic) bond motifs is 1. The van der Waals surface area contributed by atoms with Gasteiger partial charge in [-0.3, -0.25) is 0 Å². The van der Waals surface area contributed by atoms with Gasteiger partial charge in [-0.25, -0.2) is 0 Å². The molecule has 0 N–H and O–H groups in total. The lowest BCUT2D eigenvalue weighted by atomic mass is 9.73. The first kappa shape index (κ1) is 6.86. The van der Waals surface area contributed by atoms with Crippen LogP contribution in [-0.2, 0) is 4.74 Å². The van der Waals surface area contributed by atoms with Crippen molar-refractivity contribution < 1.29 is 4.74 Å². The molecule has 0 aromatic carbocycles. The second-order valence-electron chi connectivity index (χ2n) is 3.38. The van der Waals surface area contributed by atoms with Crippen molar-refractivity contribution in [3.8, 4) is 0 Å². The molecule has 2 aliphatic rings. The van der Waals surface area contributed by atoms with E-state index < -0.39 is 0 Å². The number of hydrogen-bond acceptors (Lipinski definition) is 1. The van der Waals surface area contributed by atoms with Crippen LogP contribution < -0.4 is 0 Å². The summed E-state index contributed by atoms with van der Waals surface area (Å²) in [6, 6.07) is 0. The predicted octanol–water partition coefficient (Wildman–Crippen LogP) is 2.26. The van der Waals surface area contributed by atoms with Gasteiger partial charge in [0.25, 0.3) is 0 Å². The molecule has 1 unspecified atom stereocenters. The van der Waals surface area contributed by atoms with E-state index in [1.54, 1.807) is 0 Å². The van der Waals surface area contributed by atoms with E-state index in [-0.39, 0.29) is 9.93 Å². The van der Waals surface area contributed by atoms with Crippen LogP contribution in [0.25, 0.3) is 0 Å². The highest BCUT2D eigenvalue weighted by atomic mass is 79.9. The topological polar surface area (TPSA) is 9.23 Å². The lowest BCUT2D eigenvalue weighted by Crippen LogP contribution is -2.52. The number of ether oxygens (including phenoxy) is 1. The van der Waals surface area contributed by atoms with Gasteiger partial charge in [-0.1, -0.05) is 22.0 Å². The van der Waals surface area contributed by atoms with Crippen molar-refractivity contribution in [3.05, 3.63) is 11.6 Å². The van der Waals surface area contributed by atoms with Gasteiger partial charge < -0.3 is 4.74 Å². The summed E-state index contributed by atoms with van der Waals surface area (Å²) >= 11 is 3.63. The minimum Gasteiger partial charge on any atom is -0.369 e. The van der Waals surface area contributed by atoms with Crippen LogP contribution in [0.4, 0.5) is 0 Å². The Balaban J connectivity index is 2.40. The van der Waals surface area contributed by atoms with Gasteiger partial charge in [-0.2, -0.15) is 0 Å². The van der Waals surface area contributed by atoms with E-state index in [0.29, 0.717) is 0 Å². The third kappa shape index (κ3) is 0.571. The van der Waals surface area contributed by atoms with E-state index in [9.17, 15) is 0 Å². The van der Waals surface area contributed by atoms with Crippen LogP contribution in [0.1, 0.15) is 20.3 Å². The van der Waals surface area contributed by atoms with Crippen molar-refractivity contribution in [2.24, 2.45) is 0 Å². The quantitative estimate of drug-likeness (QED) is 0.433. The molecule has 0 bridgehead atoms. The molecule has 1 aliphatic carbocycles. The number of halogens is 1. The molecule has 56 valence electrons. The largest absolute Gasteiger partial charge is 0.369 e. The molecule has 0 saturated carbocycles. The second-order valence-corrected chi connectivity index (χ2v) is 5.02. The number of hydrogen-bond donors (Lipinski definition) is 0. The van der Waals surface area contributed by atoms with Gasteiger partial charge in [0.05, 0.1) is 10.9 Å². The zero-order chi connectivity index (χ0) is 7.41. The Hall–Kier alpha value is 0.180. The Morgan fingerprint density at radius 2 is 2.30 bits per heavy atom. The molecule has 2 atom stereocenters.